The number of Topliss-reactive ketones (excluding diaryl/α,β-unsaturated/α-hetero) is 1. The molecule has 5 nitrogen and oxygen atoms in total. The minimum atomic E-state index is -4.60. The first kappa shape index (κ1) is 15.0. The Labute approximate surface area is 117 Å². The minimum absolute atomic E-state index is 0.0712. The van der Waals surface area contributed by atoms with Gasteiger partial charge in [0.05, 0.1) is 30.3 Å². The summed E-state index contributed by atoms with van der Waals surface area (Å²) in [5.41, 5.74) is -1.24. The first-order valence-corrected chi connectivity index (χ1v) is 5.90. The molecule has 1 aromatic rings. The van der Waals surface area contributed by atoms with E-state index in [1.54, 1.807) is 0 Å². The lowest BCUT2D eigenvalue weighted by Gasteiger charge is -2.16. The number of fused-ring (bicyclic) bond motifs is 1. The molecule has 1 aromatic carbocycles. The van der Waals surface area contributed by atoms with E-state index in [0.29, 0.717) is 6.07 Å². The van der Waals surface area contributed by atoms with Crippen LogP contribution in [0.1, 0.15) is 22.3 Å². The maximum atomic E-state index is 12.6. The Morgan fingerprint density at radius 1 is 1.29 bits per heavy atom. The molecule has 0 radical (unpaired) electrons. The average Bonchev–Trinajstić information content (AvgIpc) is 2.67. The van der Waals surface area contributed by atoms with E-state index in [2.05, 4.69) is 4.74 Å². The Hall–Kier alpha value is -2.38. The van der Waals surface area contributed by atoms with Crippen molar-refractivity contribution < 1.29 is 32.3 Å². The summed E-state index contributed by atoms with van der Waals surface area (Å²) in [5.74, 6) is -2.55. The fourth-order valence-corrected chi connectivity index (χ4v) is 2.00. The monoisotopic (exact) mass is 301 g/mol. The third-order valence-electron chi connectivity index (χ3n) is 3.07. The lowest BCUT2D eigenvalue weighted by atomic mass is 10.1. The molecule has 0 saturated heterocycles. The van der Waals surface area contributed by atoms with Gasteiger partial charge in [0.2, 0.25) is 0 Å². The van der Waals surface area contributed by atoms with Gasteiger partial charge in [-0.25, -0.2) is 0 Å². The predicted molar refractivity (Wildman–Crippen MR) is 64.8 cm³/mol. The Morgan fingerprint density at radius 2 is 1.95 bits per heavy atom. The summed E-state index contributed by atoms with van der Waals surface area (Å²) < 4.78 is 42.2. The van der Waals surface area contributed by atoms with E-state index in [-0.39, 0.29) is 24.2 Å². The van der Waals surface area contributed by atoms with Gasteiger partial charge < -0.3 is 9.64 Å². The molecule has 1 heterocycles. The van der Waals surface area contributed by atoms with Gasteiger partial charge in [0.25, 0.3) is 11.7 Å². The number of nitrogens with zero attached hydrogens (tertiary/aromatic N) is 1. The van der Waals surface area contributed by atoms with Gasteiger partial charge >= 0.3 is 12.1 Å². The maximum absolute atomic E-state index is 12.6. The van der Waals surface area contributed by atoms with Crippen molar-refractivity contribution in [2.24, 2.45) is 0 Å². The van der Waals surface area contributed by atoms with Crippen molar-refractivity contribution in [3.8, 4) is 0 Å². The van der Waals surface area contributed by atoms with Crippen LogP contribution in [-0.2, 0) is 20.5 Å². The lowest BCUT2D eigenvalue weighted by molar-refractivity contribution is -0.140. The van der Waals surface area contributed by atoms with Crippen LogP contribution in [0.4, 0.5) is 18.9 Å². The van der Waals surface area contributed by atoms with E-state index >= 15 is 0 Å². The highest BCUT2D eigenvalue weighted by molar-refractivity contribution is 6.52. The largest absolute Gasteiger partial charge is 0.469 e. The highest BCUT2D eigenvalue weighted by Crippen LogP contribution is 2.36. The average molecular weight is 301 g/mol. The molecule has 112 valence electrons. The number of ketones is 1. The Kier molecular flexibility index (Phi) is 3.71. The van der Waals surface area contributed by atoms with Crippen molar-refractivity contribution in [3.05, 3.63) is 29.3 Å². The maximum Gasteiger partial charge on any atom is 0.416 e. The minimum Gasteiger partial charge on any atom is -0.469 e. The molecule has 1 aliphatic heterocycles. The van der Waals surface area contributed by atoms with Crippen LogP contribution in [0.5, 0.6) is 0 Å². The van der Waals surface area contributed by atoms with Crippen molar-refractivity contribution in [3.63, 3.8) is 0 Å². The number of carbonyl (C=O) groups excluding carboxylic acids is 3. The van der Waals surface area contributed by atoms with Crippen molar-refractivity contribution in [1.82, 2.24) is 0 Å². The number of anilines is 1. The molecule has 0 aliphatic carbocycles. The molecule has 0 fully saturated rings. The van der Waals surface area contributed by atoms with Crippen molar-refractivity contribution in [2.75, 3.05) is 18.6 Å². The standard InChI is InChI=1S/C13H10F3NO4/c1-21-10(18)4-5-17-9-3-2-7(13(14,15)16)6-8(9)11(19)12(17)20/h2-3,6H,4-5H2,1H3. The molecule has 0 N–H and O–H groups in total. The lowest BCUT2D eigenvalue weighted by Crippen LogP contribution is -2.31. The van der Waals surface area contributed by atoms with E-state index in [0.717, 1.165) is 17.0 Å². The number of methoxy groups -OCH3 is 1. The van der Waals surface area contributed by atoms with E-state index in [9.17, 15) is 27.6 Å². The number of rotatable bonds is 3. The summed E-state index contributed by atoms with van der Waals surface area (Å²) in [4.78, 5) is 35.5. The van der Waals surface area contributed by atoms with Crippen LogP contribution in [0.15, 0.2) is 18.2 Å². The van der Waals surface area contributed by atoms with E-state index in [1.807, 2.05) is 0 Å². The van der Waals surface area contributed by atoms with Gasteiger partial charge in [0.1, 0.15) is 0 Å². The number of ether oxygens (including phenoxy) is 1. The Morgan fingerprint density at radius 3 is 2.52 bits per heavy atom. The molecule has 0 aromatic heterocycles. The number of esters is 1. The Balaban J connectivity index is 2.33. The number of halogens is 3. The normalized spacial score (nSPS) is 14.4. The van der Waals surface area contributed by atoms with Crippen LogP contribution >= 0.6 is 0 Å². The van der Waals surface area contributed by atoms with E-state index < -0.39 is 29.4 Å². The predicted octanol–water partition coefficient (Wildman–Crippen LogP) is 1.80. The summed E-state index contributed by atoms with van der Waals surface area (Å²) in [6.07, 6.45) is -4.76. The summed E-state index contributed by atoms with van der Waals surface area (Å²) in [6, 6.07) is 2.49. The van der Waals surface area contributed by atoms with E-state index in [1.165, 1.54) is 7.11 Å². The van der Waals surface area contributed by atoms with Gasteiger partial charge in [-0.15, -0.1) is 0 Å². The number of benzene rings is 1. The molecule has 0 bridgehead atoms. The van der Waals surface area contributed by atoms with Crippen LogP contribution in [0, 0.1) is 0 Å². The number of alkyl halides is 3. The second-order valence-corrected chi connectivity index (χ2v) is 4.34. The zero-order chi connectivity index (χ0) is 15.8. The fraction of sp³-hybridized carbons (Fsp3) is 0.308. The zero-order valence-electron chi connectivity index (χ0n) is 10.9. The summed E-state index contributed by atoms with van der Waals surface area (Å²) in [7, 11) is 1.17. The molecule has 0 spiro atoms. The van der Waals surface area contributed by atoms with Crippen molar-refractivity contribution >= 4 is 23.3 Å². The topological polar surface area (TPSA) is 63.7 Å². The molecule has 0 saturated carbocycles. The molecule has 1 aliphatic rings. The highest BCUT2D eigenvalue weighted by Gasteiger charge is 2.39. The first-order chi connectivity index (χ1) is 9.75. The van der Waals surface area contributed by atoms with Gasteiger partial charge in [-0.05, 0) is 18.2 Å². The third kappa shape index (κ3) is 2.74. The van der Waals surface area contributed by atoms with Crippen LogP contribution in [0.2, 0.25) is 0 Å². The molecule has 0 atom stereocenters. The molecule has 0 unspecified atom stereocenters. The second kappa shape index (κ2) is 5.19. The van der Waals surface area contributed by atoms with E-state index in [4.69, 9.17) is 0 Å². The SMILES string of the molecule is COC(=O)CCN1C(=O)C(=O)c2cc(C(F)(F)F)ccc21. The van der Waals surface area contributed by atoms with Crippen LogP contribution in [0.25, 0.3) is 0 Å². The van der Waals surface area contributed by atoms with Crippen LogP contribution in [-0.4, -0.2) is 31.3 Å². The number of hydrogen-bond donors (Lipinski definition) is 0. The van der Waals surface area contributed by atoms with Gasteiger partial charge in [0.15, 0.2) is 0 Å². The van der Waals surface area contributed by atoms with Crippen molar-refractivity contribution in [1.29, 1.82) is 0 Å². The van der Waals surface area contributed by atoms with Gasteiger partial charge in [-0.3, -0.25) is 14.4 Å². The summed E-state index contributed by atoms with van der Waals surface area (Å²) in [5, 5.41) is 0. The van der Waals surface area contributed by atoms with Gasteiger partial charge in [-0.1, -0.05) is 0 Å². The van der Waals surface area contributed by atoms with Gasteiger partial charge in [-0.2, -0.15) is 13.2 Å². The van der Waals surface area contributed by atoms with Crippen LogP contribution in [0.3, 0.4) is 0 Å². The molecule has 21 heavy (non-hydrogen) atoms. The number of amides is 1. The fourth-order valence-electron chi connectivity index (χ4n) is 2.00. The zero-order valence-corrected chi connectivity index (χ0v) is 10.9. The summed E-state index contributed by atoms with van der Waals surface area (Å²) in [6.45, 7) is -0.129. The molecule has 8 heteroatoms. The molecular weight excluding hydrogens is 291 g/mol. The summed E-state index contributed by atoms with van der Waals surface area (Å²) >= 11 is 0. The number of carbonyl (C=O) groups is 3. The van der Waals surface area contributed by atoms with Crippen LogP contribution < -0.4 is 4.90 Å². The molecule has 1 amide bonds. The Bertz CT molecular complexity index is 624. The highest BCUT2D eigenvalue weighted by atomic mass is 19.4. The smallest absolute Gasteiger partial charge is 0.416 e. The number of hydrogen-bond acceptors (Lipinski definition) is 4. The quantitative estimate of drug-likeness (QED) is 0.631. The third-order valence-corrected chi connectivity index (χ3v) is 3.07. The second-order valence-electron chi connectivity index (χ2n) is 4.34. The van der Waals surface area contributed by atoms with Gasteiger partial charge in [0, 0.05) is 6.54 Å². The molecule has 2 rings (SSSR count). The molecular formula is C13H10F3NO4. The van der Waals surface area contributed by atoms with Crippen molar-refractivity contribution in [2.45, 2.75) is 12.6 Å². The first-order valence-electron chi connectivity index (χ1n) is 5.90.